The van der Waals surface area contributed by atoms with E-state index in [0.29, 0.717) is 10.3 Å². The zero-order valence-electron chi connectivity index (χ0n) is 19.7. The summed E-state index contributed by atoms with van der Waals surface area (Å²) in [5, 5.41) is 0. The topological polar surface area (TPSA) is 47.5 Å². The molecule has 2 aromatic heterocycles. The van der Waals surface area contributed by atoms with E-state index in [4.69, 9.17) is 9.41 Å². The summed E-state index contributed by atoms with van der Waals surface area (Å²) in [5.41, 5.74) is 6.75. The Kier molecular flexibility index (Phi) is 5.45. The van der Waals surface area contributed by atoms with Crippen molar-refractivity contribution in [2.24, 2.45) is 4.99 Å². The van der Waals surface area contributed by atoms with E-state index >= 15 is 0 Å². The fraction of sp³-hybridized carbons (Fsp3) is 0.0968. The van der Waals surface area contributed by atoms with Crippen molar-refractivity contribution >= 4 is 39.0 Å². The molecule has 37 heavy (non-hydrogen) atoms. The van der Waals surface area contributed by atoms with Gasteiger partial charge in [-0.3, -0.25) is 9.36 Å². The first-order valence-electron chi connectivity index (χ1n) is 12.2. The Bertz CT molecular complexity index is 1880. The molecule has 5 aromatic rings. The molecule has 3 heterocycles. The van der Waals surface area contributed by atoms with Gasteiger partial charge >= 0.3 is 0 Å². The van der Waals surface area contributed by atoms with Crippen molar-refractivity contribution in [3.8, 4) is 11.3 Å². The van der Waals surface area contributed by atoms with Gasteiger partial charge in [0.05, 0.1) is 16.3 Å². The SMILES string of the molecule is O=c1/c(=C/c2ccc(-c3cccc(Br)c3)o2)sc2n1[C@@H](c1ccccc1)C1=C(N=2)c2ccccc2CC1. The van der Waals surface area contributed by atoms with Gasteiger partial charge in [0, 0.05) is 21.7 Å². The summed E-state index contributed by atoms with van der Waals surface area (Å²) in [4.78, 5) is 19.7. The summed E-state index contributed by atoms with van der Waals surface area (Å²) in [7, 11) is 0. The fourth-order valence-corrected chi connectivity index (χ4v) is 6.69. The second-order valence-electron chi connectivity index (χ2n) is 9.24. The number of fused-ring (bicyclic) bond motifs is 3. The summed E-state index contributed by atoms with van der Waals surface area (Å²) in [6, 6.07) is 30.4. The highest BCUT2D eigenvalue weighted by molar-refractivity contribution is 9.10. The molecule has 0 fully saturated rings. The van der Waals surface area contributed by atoms with E-state index in [9.17, 15) is 4.79 Å². The first-order chi connectivity index (χ1) is 18.2. The van der Waals surface area contributed by atoms with Crippen LogP contribution in [0.3, 0.4) is 0 Å². The average Bonchev–Trinajstić information content (AvgIpc) is 3.52. The Labute approximate surface area is 225 Å². The van der Waals surface area contributed by atoms with E-state index < -0.39 is 0 Å². The molecule has 1 aliphatic carbocycles. The smallest absolute Gasteiger partial charge is 0.271 e. The minimum absolute atomic E-state index is 0.0385. The van der Waals surface area contributed by atoms with E-state index in [2.05, 4.69) is 52.3 Å². The van der Waals surface area contributed by atoms with Crippen molar-refractivity contribution in [1.82, 2.24) is 4.57 Å². The van der Waals surface area contributed by atoms with Gasteiger partial charge in [-0.25, -0.2) is 4.99 Å². The lowest BCUT2D eigenvalue weighted by Crippen LogP contribution is -2.38. The molecular weight excluding hydrogens is 544 g/mol. The van der Waals surface area contributed by atoms with Crippen LogP contribution in [-0.2, 0) is 6.42 Å². The van der Waals surface area contributed by atoms with Crippen LogP contribution in [0.15, 0.2) is 115 Å². The highest BCUT2D eigenvalue weighted by atomic mass is 79.9. The number of rotatable bonds is 3. The van der Waals surface area contributed by atoms with Crippen molar-refractivity contribution in [3.63, 3.8) is 0 Å². The molecule has 0 N–H and O–H groups in total. The quantitative estimate of drug-likeness (QED) is 0.256. The molecule has 4 nitrogen and oxygen atoms in total. The van der Waals surface area contributed by atoms with E-state index in [-0.39, 0.29) is 11.6 Å². The molecule has 0 saturated heterocycles. The number of halogens is 1. The third-order valence-electron chi connectivity index (χ3n) is 7.00. The molecule has 2 aliphatic rings. The molecule has 3 aromatic carbocycles. The number of aryl methyl sites for hydroxylation is 1. The number of nitrogens with zero attached hydrogens (tertiary/aromatic N) is 2. The molecule has 180 valence electrons. The van der Waals surface area contributed by atoms with E-state index in [0.717, 1.165) is 44.7 Å². The lowest BCUT2D eigenvalue weighted by atomic mass is 9.83. The number of hydrogen-bond donors (Lipinski definition) is 0. The predicted octanol–water partition coefficient (Wildman–Crippen LogP) is 6.34. The lowest BCUT2D eigenvalue weighted by molar-refractivity contribution is 0.570. The first kappa shape index (κ1) is 22.5. The largest absolute Gasteiger partial charge is 0.457 e. The monoisotopic (exact) mass is 564 g/mol. The highest BCUT2D eigenvalue weighted by Crippen LogP contribution is 2.41. The van der Waals surface area contributed by atoms with Gasteiger partial charge in [0.15, 0.2) is 4.80 Å². The minimum atomic E-state index is -0.170. The maximum absolute atomic E-state index is 13.9. The zero-order chi connectivity index (χ0) is 24.9. The number of aromatic nitrogens is 1. The number of furan rings is 1. The summed E-state index contributed by atoms with van der Waals surface area (Å²) in [6.45, 7) is 0. The molecule has 7 rings (SSSR count). The first-order valence-corrected chi connectivity index (χ1v) is 13.8. The molecule has 0 amide bonds. The predicted molar refractivity (Wildman–Crippen MR) is 151 cm³/mol. The third-order valence-corrected chi connectivity index (χ3v) is 8.47. The van der Waals surface area contributed by atoms with Crippen molar-refractivity contribution in [2.45, 2.75) is 18.9 Å². The molecule has 1 aliphatic heterocycles. The van der Waals surface area contributed by atoms with Gasteiger partial charge in [0.2, 0.25) is 0 Å². The Hall–Kier alpha value is -3.74. The van der Waals surface area contributed by atoms with Crippen LogP contribution in [0.4, 0.5) is 0 Å². The van der Waals surface area contributed by atoms with Gasteiger partial charge in [0.1, 0.15) is 11.5 Å². The second kappa shape index (κ2) is 8.98. The summed E-state index contributed by atoms with van der Waals surface area (Å²) in [6.07, 6.45) is 3.67. The Morgan fingerprint density at radius 1 is 0.946 bits per heavy atom. The Morgan fingerprint density at radius 3 is 2.65 bits per heavy atom. The van der Waals surface area contributed by atoms with E-state index in [1.165, 1.54) is 28.0 Å². The summed E-state index contributed by atoms with van der Waals surface area (Å²) in [5.74, 6) is 1.40. The number of hydrogen-bond acceptors (Lipinski definition) is 4. The van der Waals surface area contributed by atoms with Crippen LogP contribution in [0.1, 0.15) is 34.9 Å². The number of benzene rings is 3. The van der Waals surface area contributed by atoms with Gasteiger partial charge in [-0.2, -0.15) is 0 Å². The molecular formula is C31H21BrN2O2S. The Morgan fingerprint density at radius 2 is 1.78 bits per heavy atom. The van der Waals surface area contributed by atoms with Gasteiger partial charge in [-0.1, -0.05) is 94.0 Å². The summed E-state index contributed by atoms with van der Waals surface area (Å²) < 4.78 is 9.58. The van der Waals surface area contributed by atoms with E-state index in [1.807, 2.05) is 65.2 Å². The van der Waals surface area contributed by atoms with Crippen LogP contribution in [0.2, 0.25) is 0 Å². The lowest BCUT2D eigenvalue weighted by Gasteiger charge is -2.30. The van der Waals surface area contributed by atoms with Crippen LogP contribution in [-0.4, -0.2) is 4.57 Å². The van der Waals surface area contributed by atoms with Crippen molar-refractivity contribution in [2.75, 3.05) is 0 Å². The average molecular weight is 565 g/mol. The van der Waals surface area contributed by atoms with Crippen LogP contribution in [0, 0.1) is 0 Å². The molecule has 0 saturated carbocycles. The van der Waals surface area contributed by atoms with Crippen molar-refractivity contribution in [3.05, 3.63) is 143 Å². The minimum Gasteiger partial charge on any atom is -0.457 e. The maximum atomic E-state index is 13.9. The van der Waals surface area contributed by atoms with Crippen LogP contribution in [0.5, 0.6) is 0 Å². The fourth-order valence-electron chi connectivity index (χ4n) is 5.31. The van der Waals surface area contributed by atoms with Gasteiger partial charge in [-0.15, -0.1) is 0 Å². The molecule has 1 atom stereocenters. The van der Waals surface area contributed by atoms with Gasteiger partial charge in [0.25, 0.3) is 5.56 Å². The standard InChI is InChI=1S/C31H21BrN2O2S/c32-22-11-6-10-21(17-22)26-16-14-23(36-26)18-27-30(35)34-29(20-8-2-1-3-9-20)25-15-13-19-7-4-5-12-24(19)28(25)33-31(34)37-27/h1-12,14,16-18,29H,13,15H2/b27-18-/t29-/m0/s1. The normalized spacial score (nSPS) is 16.7. The maximum Gasteiger partial charge on any atom is 0.271 e. The van der Waals surface area contributed by atoms with Crippen LogP contribution in [0.25, 0.3) is 23.1 Å². The molecule has 0 unspecified atom stereocenters. The molecule has 0 spiro atoms. The summed E-state index contributed by atoms with van der Waals surface area (Å²) >= 11 is 4.94. The molecule has 6 heteroatoms. The number of thiazole rings is 1. The van der Waals surface area contributed by atoms with Crippen molar-refractivity contribution in [1.29, 1.82) is 0 Å². The third kappa shape index (κ3) is 3.88. The van der Waals surface area contributed by atoms with E-state index in [1.54, 1.807) is 0 Å². The number of allylic oxidation sites excluding steroid dienone is 1. The second-order valence-corrected chi connectivity index (χ2v) is 11.2. The Balaban J connectivity index is 1.40. The van der Waals surface area contributed by atoms with Gasteiger partial charge in [-0.05, 0) is 53.8 Å². The zero-order valence-corrected chi connectivity index (χ0v) is 22.1. The highest BCUT2D eigenvalue weighted by Gasteiger charge is 2.32. The van der Waals surface area contributed by atoms with Crippen LogP contribution < -0.4 is 14.9 Å². The molecule has 0 radical (unpaired) electrons. The van der Waals surface area contributed by atoms with Crippen molar-refractivity contribution < 1.29 is 4.42 Å². The molecule has 0 bridgehead atoms. The van der Waals surface area contributed by atoms with Crippen LogP contribution >= 0.6 is 27.3 Å². The van der Waals surface area contributed by atoms with Gasteiger partial charge < -0.3 is 4.42 Å².